The van der Waals surface area contributed by atoms with Gasteiger partial charge in [-0.15, -0.1) is 0 Å². The van der Waals surface area contributed by atoms with Crippen molar-refractivity contribution in [1.29, 1.82) is 0 Å². The van der Waals surface area contributed by atoms with Crippen LogP contribution in [0.2, 0.25) is 0 Å². The van der Waals surface area contributed by atoms with Gasteiger partial charge in [0.2, 0.25) is 5.91 Å². The fourth-order valence-electron chi connectivity index (χ4n) is 5.20. The Labute approximate surface area is 245 Å². The van der Waals surface area contributed by atoms with Gasteiger partial charge < -0.3 is 15.5 Å². The first-order valence-corrected chi connectivity index (χ1v) is 15.4. The molecule has 10 heteroatoms. The number of piperidine rings is 1. The highest BCUT2D eigenvalue weighted by Gasteiger charge is 2.26. The van der Waals surface area contributed by atoms with Gasteiger partial charge in [-0.2, -0.15) is 0 Å². The first kappa shape index (κ1) is 27.5. The number of dihydropyridines is 1. The first-order chi connectivity index (χ1) is 20.3. The number of rotatable bonds is 7. The lowest BCUT2D eigenvalue weighted by atomic mass is 9.96. The van der Waals surface area contributed by atoms with Gasteiger partial charge >= 0.3 is 0 Å². The predicted molar refractivity (Wildman–Crippen MR) is 165 cm³/mol. The number of hydrogen-bond acceptors (Lipinski definition) is 7. The number of aromatic nitrogens is 2. The number of hydrogen-bond donors (Lipinski definition) is 3. The molecule has 1 aromatic heterocycles. The Morgan fingerprint density at radius 3 is 2.50 bits per heavy atom. The van der Waals surface area contributed by atoms with Crippen LogP contribution in [0.3, 0.4) is 0 Å². The van der Waals surface area contributed by atoms with Crippen molar-refractivity contribution in [3.8, 4) is 0 Å². The Hall–Kier alpha value is -4.70. The van der Waals surface area contributed by atoms with Gasteiger partial charge in [-0.05, 0) is 73.4 Å². The van der Waals surface area contributed by atoms with Gasteiger partial charge in [0.1, 0.15) is 5.82 Å². The van der Waals surface area contributed by atoms with Crippen LogP contribution in [0.1, 0.15) is 24.0 Å². The van der Waals surface area contributed by atoms with Crippen molar-refractivity contribution in [2.45, 2.75) is 24.7 Å². The van der Waals surface area contributed by atoms with Gasteiger partial charge in [-0.1, -0.05) is 42.0 Å². The maximum Gasteiger partial charge on any atom is 0.261 e. The Morgan fingerprint density at radius 1 is 0.976 bits per heavy atom. The highest BCUT2D eigenvalue weighted by Crippen LogP contribution is 2.27. The van der Waals surface area contributed by atoms with E-state index >= 15 is 0 Å². The maximum absolute atomic E-state index is 12.8. The van der Waals surface area contributed by atoms with Crippen molar-refractivity contribution in [3.63, 3.8) is 0 Å². The fourth-order valence-corrected chi connectivity index (χ4v) is 6.31. The Bertz CT molecular complexity index is 1780. The van der Waals surface area contributed by atoms with E-state index in [4.69, 9.17) is 4.98 Å². The molecule has 2 aliphatic rings. The Kier molecular flexibility index (Phi) is 7.62. The molecule has 9 nitrogen and oxygen atoms in total. The number of carbonyl (C=O) groups is 1. The zero-order valence-electron chi connectivity index (χ0n) is 23.2. The van der Waals surface area contributed by atoms with Crippen molar-refractivity contribution in [2.75, 3.05) is 29.9 Å². The molecule has 3 aromatic carbocycles. The summed E-state index contributed by atoms with van der Waals surface area (Å²) < 4.78 is 28.3. The van der Waals surface area contributed by atoms with Gasteiger partial charge in [-0.3, -0.25) is 14.5 Å². The smallest absolute Gasteiger partial charge is 0.261 e. The topological polar surface area (TPSA) is 116 Å². The van der Waals surface area contributed by atoms with Crippen LogP contribution in [0.25, 0.3) is 16.6 Å². The summed E-state index contributed by atoms with van der Waals surface area (Å²) >= 11 is 0. The fraction of sp³-hybridized carbons (Fsp3) is 0.219. The average molecular weight is 581 g/mol. The normalized spacial score (nSPS) is 15.9. The zero-order chi connectivity index (χ0) is 29.1. The molecular formula is C32H32N6O3S. The zero-order valence-corrected chi connectivity index (χ0v) is 24.1. The van der Waals surface area contributed by atoms with Crippen LogP contribution in [-0.2, 0) is 14.8 Å². The molecule has 0 saturated carbocycles. The number of nitrogens with one attached hydrogen (secondary N) is 3. The summed E-state index contributed by atoms with van der Waals surface area (Å²) in [5, 5.41) is 6.21. The van der Waals surface area contributed by atoms with E-state index < -0.39 is 10.0 Å². The van der Waals surface area contributed by atoms with Crippen LogP contribution in [0.4, 0.5) is 11.5 Å². The number of carbonyl (C=O) groups excluding carboxylic acids is 1. The predicted octanol–water partition coefficient (Wildman–Crippen LogP) is 4.60. The number of nitrogens with zero attached hydrogens (tertiary/aromatic N) is 3. The number of amides is 1. The van der Waals surface area contributed by atoms with Gasteiger partial charge in [0.25, 0.3) is 10.0 Å². The molecule has 3 heterocycles. The van der Waals surface area contributed by atoms with E-state index in [0.717, 1.165) is 52.1 Å². The van der Waals surface area contributed by atoms with Gasteiger partial charge in [0.15, 0.2) is 0 Å². The summed E-state index contributed by atoms with van der Waals surface area (Å²) in [6, 6.07) is 22.0. The minimum absolute atomic E-state index is 0.0476. The number of allylic oxidation sites excluding steroid dienone is 2. The van der Waals surface area contributed by atoms with Gasteiger partial charge in [0.05, 0.1) is 28.7 Å². The molecule has 0 radical (unpaired) electrons. The first-order valence-electron chi connectivity index (χ1n) is 14.0. The van der Waals surface area contributed by atoms with Crippen LogP contribution in [0, 0.1) is 12.8 Å². The third-order valence-electron chi connectivity index (χ3n) is 7.57. The average Bonchev–Trinajstić information content (AvgIpc) is 3.02. The van der Waals surface area contributed by atoms with Gasteiger partial charge in [0, 0.05) is 36.6 Å². The maximum atomic E-state index is 12.8. The Morgan fingerprint density at radius 2 is 1.74 bits per heavy atom. The van der Waals surface area contributed by atoms with Crippen LogP contribution in [0.5, 0.6) is 0 Å². The molecule has 0 bridgehead atoms. The SMILES string of the molecule is Cc1ccc(NC(=O)C2CCN(c3cnc4ccc(C5=CNCC(NS(=O)(=O)c6ccccc6)=C5)cc4n3)CC2)cc1. The van der Waals surface area contributed by atoms with Crippen molar-refractivity contribution in [1.82, 2.24) is 20.0 Å². The van der Waals surface area contributed by atoms with E-state index in [-0.39, 0.29) is 16.7 Å². The quantitative estimate of drug-likeness (QED) is 0.293. The molecule has 0 atom stereocenters. The van der Waals surface area contributed by atoms with Crippen LogP contribution in [0.15, 0.2) is 102 Å². The number of fused-ring (bicyclic) bond motifs is 1. The molecule has 0 unspecified atom stereocenters. The van der Waals surface area contributed by atoms with Crippen molar-refractivity contribution in [3.05, 3.63) is 108 Å². The third-order valence-corrected chi connectivity index (χ3v) is 8.99. The van der Waals surface area contributed by atoms with Crippen molar-refractivity contribution < 1.29 is 13.2 Å². The monoisotopic (exact) mass is 580 g/mol. The van der Waals surface area contributed by atoms with E-state index in [1.807, 2.05) is 61.7 Å². The van der Waals surface area contributed by atoms with E-state index in [0.29, 0.717) is 25.3 Å². The number of aryl methyl sites for hydroxylation is 1. The Balaban J connectivity index is 1.13. The molecular weight excluding hydrogens is 548 g/mol. The molecule has 1 fully saturated rings. The molecule has 1 saturated heterocycles. The molecule has 42 heavy (non-hydrogen) atoms. The summed E-state index contributed by atoms with van der Waals surface area (Å²) in [5.74, 6) is 0.786. The lowest BCUT2D eigenvalue weighted by Gasteiger charge is -2.32. The van der Waals surface area contributed by atoms with E-state index in [9.17, 15) is 13.2 Å². The van der Waals surface area contributed by atoms with E-state index in [1.165, 1.54) is 0 Å². The molecule has 3 N–H and O–H groups in total. The van der Waals surface area contributed by atoms with Crippen LogP contribution < -0.4 is 20.3 Å². The largest absolute Gasteiger partial charge is 0.385 e. The van der Waals surface area contributed by atoms with Crippen LogP contribution in [-0.4, -0.2) is 43.9 Å². The minimum atomic E-state index is -3.68. The molecule has 0 spiro atoms. The standard InChI is InChI=1S/C32H32N6O3S/c1-22-7-10-26(11-8-22)35-32(39)23-13-15-38(16-14-23)31-21-34-29-12-9-24(18-30(29)36-31)25-17-27(20-33-19-25)37-42(40,41)28-5-3-2-4-6-28/h2-12,17-19,21,23,33,37H,13-16,20H2,1H3,(H,35,39). The second-order valence-electron chi connectivity index (χ2n) is 10.6. The number of sulfonamides is 1. The number of benzene rings is 3. The van der Waals surface area contributed by atoms with Gasteiger partial charge in [-0.25, -0.2) is 13.4 Å². The molecule has 2 aliphatic heterocycles. The summed E-state index contributed by atoms with van der Waals surface area (Å²) in [4.78, 5) is 24.7. The highest BCUT2D eigenvalue weighted by molar-refractivity contribution is 7.89. The van der Waals surface area contributed by atoms with Crippen LogP contribution >= 0.6 is 0 Å². The summed E-state index contributed by atoms with van der Waals surface area (Å²) in [5.41, 5.74) is 5.77. The van der Waals surface area contributed by atoms with E-state index in [2.05, 4.69) is 25.2 Å². The second-order valence-corrected chi connectivity index (χ2v) is 12.3. The van der Waals surface area contributed by atoms with Crippen molar-refractivity contribution >= 4 is 44.0 Å². The molecule has 214 valence electrons. The highest BCUT2D eigenvalue weighted by atomic mass is 32.2. The lowest BCUT2D eigenvalue weighted by Crippen LogP contribution is -2.38. The molecule has 4 aromatic rings. The summed E-state index contributed by atoms with van der Waals surface area (Å²) in [7, 11) is -3.68. The van der Waals surface area contributed by atoms with E-state index in [1.54, 1.807) is 36.5 Å². The lowest BCUT2D eigenvalue weighted by molar-refractivity contribution is -0.120. The molecule has 1 amide bonds. The second kappa shape index (κ2) is 11.7. The summed E-state index contributed by atoms with van der Waals surface area (Å²) in [6.45, 7) is 3.82. The molecule has 6 rings (SSSR count). The minimum Gasteiger partial charge on any atom is -0.385 e. The van der Waals surface area contributed by atoms with Crippen molar-refractivity contribution in [2.24, 2.45) is 5.92 Å². The summed E-state index contributed by atoms with van der Waals surface area (Å²) in [6.07, 6.45) is 6.96. The third kappa shape index (κ3) is 6.13. The molecule has 0 aliphatic carbocycles. The number of anilines is 2.